The van der Waals surface area contributed by atoms with Crippen LogP contribution in [0, 0.1) is 0 Å². The normalized spacial score (nSPS) is 12.3. The van der Waals surface area contributed by atoms with Crippen molar-refractivity contribution in [3.8, 4) is 0 Å². The van der Waals surface area contributed by atoms with Crippen molar-refractivity contribution in [2.45, 2.75) is 111 Å². The van der Waals surface area contributed by atoms with Crippen molar-refractivity contribution in [1.82, 2.24) is 5.32 Å². The molecule has 46 heavy (non-hydrogen) atoms. The van der Waals surface area contributed by atoms with Crippen LogP contribution in [0.4, 0.5) is 0 Å². The molecule has 0 bridgehead atoms. The first-order valence-electron chi connectivity index (χ1n) is 15.4. The third-order valence-corrected chi connectivity index (χ3v) is 5.68. The average Bonchev–Trinajstić information content (AvgIpc) is 2.88. The SMILES string of the molecule is CC(=O)c1ccc(C(=O)NC(COCCC(=O)OC(C)(C)C)(COCCC(=O)OC(C)(C)C)COCCC(=O)OC(C)(C)C)cc1. The van der Waals surface area contributed by atoms with Crippen LogP contribution in [0.3, 0.4) is 0 Å². The molecule has 1 rings (SSSR count). The summed E-state index contributed by atoms with van der Waals surface area (Å²) in [5, 5.41) is 2.93. The number of benzene rings is 1. The highest BCUT2D eigenvalue weighted by Crippen LogP contribution is 2.16. The van der Waals surface area contributed by atoms with Crippen molar-refractivity contribution in [2.75, 3.05) is 39.6 Å². The summed E-state index contributed by atoms with van der Waals surface area (Å²) in [6.45, 7) is 16.8. The predicted octanol–water partition coefficient (Wildman–Crippen LogP) is 4.60. The van der Waals surface area contributed by atoms with Crippen LogP contribution in [0.1, 0.15) is 109 Å². The van der Waals surface area contributed by atoms with Crippen molar-refractivity contribution in [3.63, 3.8) is 0 Å². The Morgan fingerprint density at radius 1 is 0.543 bits per heavy atom. The summed E-state index contributed by atoms with van der Waals surface area (Å²) >= 11 is 0. The van der Waals surface area contributed by atoms with Gasteiger partial charge in [0.05, 0.1) is 58.9 Å². The smallest absolute Gasteiger partial charge is 0.308 e. The fourth-order valence-electron chi connectivity index (χ4n) is 3.85. The zero-order valence-corrected chi connectivity index (χ0v) is 29.2. The summed E-state index contributed by atoms with van der Waals surface area (Å²) in [5.74, 6) is -1.99. The number of ketones is 1. The summed E-state index contributed by atoms with van der Waals surface area (Å²) in [5.41, 5.74) is -2.56. The number of nitrogens with one attached hydrogen (secondary N) is 1. The quantitative estimate of drug-likeness (QED) is 0.103. The van der Waals surface area contributed by atoms with Gasteiger partial charge in [-0.05, 0) is 81.4 Å². The van der Waals surface area contributed by atoms with Gasteiger partial charge in [0, 0.05) is 11.1 Å². The summed E-state index contributed by atoms with van der Waals surface area (Å²) in [6, 6.07) is 6.13. The first kappa shape index (κ1) is 40.7. The van der Waals surface area contributed by atoms with E-state index in [4.69, 9.17) is 28.4 Å². The number of esters is 3. The molecule has 0 heterocycles. The van der Waals surface area contributed by atoms with Gasteiger partial charge in [-0.1, -0.05) is 12.1 Å². The first-order chi connectivity index (χ1) is 21.1. The molecule has 260 valence electrons. The van der Waals surface area contributed by atoms with Crippen LogP contribution in [0.5, 0.6) is 0 Å². The minimum absolute atomic E-state index is 0.0182. The van der Waals surface area contributed by atoms with E-state index in [2.05, 4.69) is 5.32 Å². The lowest BCUT2D eigenvalue weighted by atomic mass is 10.0. The van der Waals surface area contributed by atoms with Crippen molar-refractivity contribution >= 4 is 29.6 Å². The van der Waals surface area contributed by atoms with Gasteiger partial charge >= 0.3 is 17.9 Å². The molecule has 0 radical (unpaired) electrons. The van der Waals surface area contributed by atoms with E-state index in [-0.39, 0.29) is 70.3 Å². The Labute approximate surface area is 273 Å². The number of ether oxygens (including phenoxy) is 6. The number of rotatable bonds is 18. The first-order valence-corrected chi connectivity index (χ1v) is 15.4. The molecule has 0 aliphatic heterocycles. The van der Waals surface area contributed by atoms with E-state index in [1.165, 1.54) is 19.1 Å². The monoisotopic (exact) mass is 651 g/mol. The van der Waals surface area contributed by atoms with Crippen molar-refractivity contribution in [1.29, 1.82) is 0 Å². The molecule has 0 unspecified atom stereocenters. The van der Waals surface area contributed by atoms with Gasteiger partial charge in [-0.2, -0.15) is 0 Å². The summed E-state index contributed by atoms with van der Waals surface area (Å²) in [7, 11) is 0. The minimum atomic E-state index is -1.31. The Morgan fingerprint density at radius 2 is 0.848 bits per heavy atom. The number of Topliss-reactive ketones (excluding diaryl/α,β-unsaturated/α-hetero) is 1. The molecule has 0 aliphatic carbocycles. The Bertz CT molecular complexity index is 1070. The molecule has 12 nitrogen and oxygen atoms in total. The van der Waals surface area contributed by atoms with E-state index in [0.29, 0.717) is 5.56 Å². The van der Waals surface area contributed by atoms with E-state index in [9.17, 15) is 24.0 Å². The van der Waals surface area contributed by atoms with Gasteiger partial charge in [-0.25, -0.2) is 0 Å². The maximum absolute atomic E-state index is 13.4. The highest BCUT2D eigenvalue weighted by atomic mass is 16.6. The van der Waals surface area contributed by atoms with Crippen LogP contribution in [0.2, 0.25) is 0 Å². The minimum Gasteiger partial charge on any atom is -0.460 e. The van der Waals surface area contributed by atoms with Gasteiger partial charge in [-0.15, -0.1) is 0 Å². The van der Waals surface area contributed by atoms with Gasteiger partial charge in [0.25, 0.3) is 5.91 Å². The van der Waals surface area contributed by atoms with E-state index >= 15 is 0 Å². The lowest BCUT2D eigenvalue weighted by Crippen LogP contribution is -2.58. The van der Waals surface area contributed by atoms with Gasteiger partial charge in [-0.3, -0.25) is 24.0 Å². The van der Waals surface area contributed by atoms with E-state index in [1.54, 1.807) is 74.4 Å². The highest BCUT2D eigenvalue weighted by molar-refractivity contribution is 5.98. The number of hydrogen-bond donors (Lipinski definition) is 1. The molecule has 0 saturated carbocycles. The second-order valence-corrected chi connectivity index (χ2v) is 14.0. The second-order valence-electron chi connectivity index (χ2n) is 14.0. The van der Waals surface area contributed by atoms with Crippen LogP contribution in [0.15, 0.2) is 24.3 Å². The molecule has 1 aromatic rings. The number of hydrogen-bond acceptors (Lipinski definition) is 11. The van der Waals surface area contributed by atoms with Crippen LogP contribution in [-0.4, -0.2) is 91.6 Å². The zero-order valence-electron chi connectivity index (χ0n) is 29.2. The summed E-state index contributed by atoms with van der Waals surface area (Å²) < 4.78 is 33.6. The van der Waals surface area contributed by atoms with E-state index in [0.717, 1.165) is 0 Å². The highest BCUT2D eigenvalue weighted by Gasteiger charge is 2.35. The third kappa shape index (κ3) is 18.6. The fourth-order valence-corrected chi connectivity index (χ4v) is 3.85. The molecule has 0 atom stereocenters. The van der Waals surface area contributed by atoms with Crippen molar-refractivity contribution in [2.24, 2.45) is 0 Å². The van der Waals surface area contributed by atoms with Gasteiger partial charge in [0.2, 0.25) is 0 Å². The van der Waals surface area contributed by atoms with Gasteiger partial charge in [0.1, 0.15) is 22.3 Å². The maximum atomic E-state index is 13.4. The summed E-state index contributed by atoms with van der Waals surface area (Å²) in [6.07, 6.45) is -0.105. The molecule has 0 saturated heterocycles. The molecular formula is C34H53NO11. The Balaban J connectivity index is 3.15. The Hall–Kier alpha value is -3.35. The molecule has 0 aromatic heterocycles. The lowest BCUT2D eigenvalue weighted by molar-refractivity contribution is -0.157. The zero-order chi connectivity index (χ0) is 35.2. The fraction of sp³-hybridized carbons (Fsp3) is 0.676. The van der Waals surface area contributed by atoms with Crippen LogP contribution < -0.4 is 5.32 Å². The lowest BCUT2D eigenvalue weighted by Gasteiger charge is -2.34. The van der Waals surface area contributed by atoms with Crippen LogP contribution in [-0.2, 0) is 42.8 Å². The number of carbonyl (C=O) groups is 5. The van der Waals surface area contributed by atoms with E-state index in [1.807, 2.05) is 0 Å². The van der Waals surface area contributed by atoms with Gasteiger partial charge < -0.3 is 33.7 Å². The average molecular weight is 652 g/mol. The molecule has 1 N–H and O–H groups in total. The molecular weight excluding hydrogens is 598 g/mol. The van der Waals surface area contributed by atoms with Crippen molar-refractivity contribution in [3.05, 3.63) is 35.4 Å². The molecule has 1 aromatic carbocycles. The van der Waals surface area contributed by atoms with Crippen molar-refractivity contribution < 1.29 is 52.4 Å². The molecule has 0 spiro atoms. The molecule has 0 fully saturated rings. The standard InChI is InChI=1S/C34H53NO11/c1-24(36)25-11-13-26(14-12-25)30(40)35-34(21-41-18-15-27(37)44-31(2,3)4,22-42-19-16-28(38)45-32(5,6)7)23-43-20-17-29(39)46-33(8,9)10/h11-14H,15-23H2,1-10H3,(H,35,40). The molecule has 0 aliphatic rings. The maximum Gasteiger partial charge on any atom is 0.308 e. The Morgan fingerprint density at radius 3 is 1.13 bits per heavy atom. The third-order valence-electron chi connectivity index (χ3n) is 5.68. The molecule has 12 heteroatoms. The Kier molecular flexibility index (Phi) is 16.0. The second kappa shape index (κ2) is 18.1. The summed E-state index contributed by atoms with van der Waals surface area (Å²) in [4.78, 5) is 61.9. The van der Waals surface area contributed by atoms with Crippen LogP contribution in [0.25, 0.3) is 0 Å². The molecule has 1 amide bonds. The predicted molar refractivity (Wildman–Crippen MR) is 170 cm³/mol. The topological polar surface area (TPSA) is 153 Å². The number of carbonyl (C=O) groups excluding carboxylic acids is 5. The van der Waals surface area contributed by atoms with Gasteiger partial charge in [0.15, 0.2) is 5.78 Å². The number of amides is 1. The van der Waals surface area contributed by atoms with Crippen LogP contribution >= 0.6 is 0 Å². The largest absolute Gasteiger partial charge is 0.460 e. The van der Waals surface area contributed by atoms with E-state index < -0.39 is 46.2 Å².